The second-order valence-electron chi connectivity index (χ2n) is 6.23. The normalized spacial score (nSPS) is 34.0. The number of rotatable bonds is 5. The number of ether oxygens (including phenoxy) is 3. The van der Waals surface area contributed by atoms with E-state index < -0.39 is 0 Å². The largest absolute Gasteiger partial charge is 0.379 e. The molecule has 2 unspecified atom stereocenters. The molecule has 0 aromatic heterocycles. The molecule has 1 saturated heterocycles. The quantitative estimate of drug-likeness (QED) is 0.777. The van der Waals surface area contributed by atoms with E-state index >= 15 is 0 Å². The van der Waals surface area contributed by atoms with E-state index in [1.807, 2.05) is 4.90 Å². The highest BCUT2D eigenvalue weighted by Gasteiger charge is 2.39. The molecule has 1 saturated carbocycles. The number of nitrogens with zero attached hydrogens (tertiary/aromatic N) is 1. The van der Waals surface area contributed by atoms with Gasteiger partial charge in [-0.3, -0.25) is 4.79 Å². The fourth-order valence-corrected chi connectivity index (χ4v) is 3.71. The van der Waals surface area contributed by atoms with E-state index in [1.54, 1.807) is 21.3 Å². The summed E-state index contributed by atoms with van der Waals surface area (Å²) >= 11 is 0. The van der Waals surface area contributed by atoms with Crippen LogP contribution in [0.2, 0.25) is 0 Å². The Morgan fingerprint density at radius 3 is 2.00 bits per heavy atom. The average molecular weight is 299 g/mol. The molecule has 0 N–H and O–H groups in total. The maximum absolute atomic E-state index is 12.4. The standard InChI is InChI=1S/C16H29NO4/c1-19-13-9-12(10-14(20-2)16(13)21-3)11-15(18)17-7-5-4-6-8-17/h12-14,16H,4-11H2,1-3H3. The lowest BCUT2D eigenvalue weighted by Crippen LogP contribution is -2.48. The highest BCUT2D eigenvalue weighted by Crippen LogP contribution is 2.32. The van der Waals surface area contributed by atoms with Crippen molar-refractivity contribution >= 4 is 5.91 Å². The zero-order valence-corrected chi connectivity index (χ0v) is 13.5. The van der Waals surface area contributed by atoms with Crippen LogP contribution in [0.3, 0.4) is 0 Å². The summed E-state index contributed by atoms with van der Waals surface area (Å²) in [6, 6.07) is 0. The van der Waals surface area contributed by atoms with Crippen LogP contribution in [0.15, 0.2) is 0 Å². The van der Waals surface area contributed by atoms with Crippen LogP contribution in [0.5, 0.6) is 0 Å². The van der Waals surface area contributed by atoms with Crippen LogP contribution in [-0.4, -0.2) is 63.5 Å². The lowest BCUT2D eigenvalue weighted by atomic mass is 9.81. The molecule has 1 aliphatic heterocycles. The first-order chi connectivity index (χ1) is 10.2. The van der Waals surface area contributed by atoms with E-state index in [0.29, 0.717) is 18.2 Å². The number of hydrogen-bond donors (Lipinski definition) is 0. The molecule has 2 aliphatic rings. The Morgan fingerprint density at radius 1 is 0.952 bits per heavy atom. The minimum Gasteiger partial charge on any atom is -0.379 e. The summed E-state index contributed by atoms with van der Waals surface area (Å²) in [6.07, 6.45) is 5.86. The van der Waals surface area contributed by atoms with Crippen molar-refractivity contribution < 1.29 is 19.0 Å². The molecule has 2 fully saturated rings. The Morgan fingerprint density at radius 2 is 1.52 bits per heavy atom. The van der Waals surface area contributed by atoms with Gasteiger partial charge in [-0.25, -0.2) is 0 Å². The highest BCUT2D eigenvalue weighted by molar-refractivity contribution is 5.76. The molecule has 2 rings (SSSR count). The van der Waals surface area contributed by atoms with Gasteiger partial charge in [0, 0.05) is 40.8 Å². The van der Waals surface area contributed by atoms with Crippen molar-refractivity contribution in [2.45, 2.75) is 56.8 Å². The maximum Gasteiger partial charge on any atom is 0.222 e. The molecular formula is C16H29NO4. The van der Waals surface area contributed by atoms with E-state index in [9.17, 15) is 4.79 Å². The molecule has 1 amide bonds. The lowest BCUT2D eigenvalue weighted by molar-refractivity contribution is -0.148. The molecule has 21 heavy (non-hydrogen) atoms. The van der Waals surface area contributed by atoms with Gasteiger partial charge in [0.1, 0.15) is 6.10 Å². The summed E-state index contributed by atoms with van der Waals surface area (Å²) in [7, 11) is 5.11. The van der Waals surface area contributed by atoms with Gasteiger partial charge >= 0.3 is 0 Å². The van der Waals surface area contributed by atoms with Gasteiger partial charge in [-0.05, 0) is 38.0 Å². The average Bonchev–Trinajstić information content (AvgIpc) is 2.54. The molecule has 0 bridgehead atoms. The number of likely N-dealkylation sites (tertiary alicyclic amines) is 1. The smallest absolute Gasteiger partial charge is 0.222 e. The third-order valence-electron chi connectivity index (χ3n) is 4.91. The fraction of sp³-hybridized carbons (Fsp3) is 0.938. The van der Waals surface area contributed by atoms with Gasteiger partial charge in [0.2, 0.25) is 5.91 Å². The lowest BCUT2D eigenvalue weighted by Gasteiger charge is -2.40. The summed E-state index contributed by atoms with van der Waals surface area (Å²) in [4.78, 5) is 14.4. The van der Waals surface area contributed by atoms with Crippen molar-refractivity contribution in [1.82, 2.24) is 4.90 Å². The topological polar surface area (TPSA) is 48.0 Å². The second kappa shape index (κ2) is 8.11. The van der Waals surface area contributed by atoms with Crippen LogP contribution in [0, 0.1) is 5.92 Å². The summed E-state index contributed by atoms with van der Waals surface area (Å²) < 4.78 is 16.6. The molecular weight excluding hydrogens is 270 g/mol. The van der Waals surface area contributed by atoms with Gasteiger partial charge in [-0.15, -0.1) is 0 Å². The molecule has 1 aliphatic carbocycles. The Labute approximate surface area is 127 Å². The molecule has 0 aromatic carbocycles. The van der Waals surface area contributed by atoms with Crippen molar-refractivity contribution in [2.24, 2.45) is 5.92 Å². The molecule has 0 spiro atoms. The molecule has 0 aromatic rings. The van der Waals surface area contributed by atoms with Crippen molar-refractivity contribution in [2.75, 3.05) is 34.4 Å². The van der Waals surface area contributed by atoms with Gasteiger partial charge in [0.15, 0.2) is 0 Å². The third kappa shape index (κ3) is 4.18. The first kappa shape index (κ1) is 16.7. The van der Waals surface area contributed by atoms with Crippen molar-refractivity contribution in [3.05, 3.63) is 0 Å². The van der Waals surface area contributed by atoms with Crippen LogP contribution in [0.25, 0.3) is 0 Å². The highest BCUT2D eigenvalue weighted by atomic mass is 16.6. The molecule has 5 nitrogen and oxygen atoms in total. The molecule has 0 radical (unpaired) electrons. The Bertz CT molecular complexity index is 316. The first-order valence-corrected chi connectivity index (χ1v) is 8.05. The van der Waals surface area contributed by atoms with Crippen LogP contribution < -0.4 is 0 Å². The summed E-state index contributed by atoms with van der Waals surface area (Å²) in [5.74, 6) is 0.612. The molecule has 1 heterocycles. The van der Waals surface area contributed by atoms with Crippen LogP contribution in [0.1, 0.15) is 38.5 Å². The number of piperidine rings is 1. The van der Waals surface area contributed by atoms with E-state index in [-0.39, 0.29) is 18.3 Å². The second-order valence-corrected chi connectivity index (χ2v) is 6.23. The first-order valence-electron chi connectivity index (χ1n) is 8.05. The van der Waals surface area contributed by atoms with Crippen LogP contribution in [-0.2, 0) is 19.0 Å². The van der Waals surface area contributed by atoms with Crippen molar-refractivity contribution in [1.29, 1.82) is 0 Å². The van der Waals surface area contributed by atoms with Gasteiger partial charge < -0.3 is 19.1 Å². The molecule has 122 valence electrons. The van der Waals surface area contributed by atoms with Gasteiger partial charge in [-0.1, -0.05) is 0 Å². The maximum atomic E-state index is 12.4. The summed E-state index contributed by atoms with van der Waals surface area (Å²) in [6.45, 7) is 1.85. The van der Waals surface area contributed by atoms with Gasteiger partial charge in [0.05, 0.1) is 12.2 Å². The SMILES string of the molecule is COC1CC(CC(=O)N2CCCCC2)CC(OC)C1OC. The number of carbonyl (C=O) groups is 1. The van der Waals surface area contributed by atoms with Crippen molar-refractivity contribution in [3.63, 3.8) is 0 Å². The molecule has 5 heteroatoms. The van der Waals surface area contributed by atoms with E-state index in [2.05, 4.69) is 0 Å². The monoisotopic (exact) mass is 299 g/mol. The zero-order valence-electron chi connectivity index (χ0n) is 13.5. The van der Waals surface area contributed by atoms with Gasteiger partial charge in [0.25, 0.3) is 0 Å². The Hall–Kier alpha value is -0.650. The summed E-state index contributed by atoms with van der Waals surface area (Å²) in [5.41, 5.74) is 0. The third-order valence-corrected chi connectivity index (χ3v) is 4.91. The fourth-order valence-electron chi connectivity index (χ4n) is 3.71. The van der Waals surface area contributed by atoms with Crippen LogP contribution in [0.4, 0.5) is 0 Å². The van der Waals surface area contributed by atoms with Crippen molar-refractivity contribution in [3.8, 4) is 0 Å². The number of amides is 1. The zero-order chi connectivity index (χ0) is 15.2. The minimum atomic E-state index is -0.0404. The number of hydrogen-bond acceptors (Lipinski definition) is 4. The van der Waals surface area contributed by atoms with E-state index in [1.165, 1.54) is 6.42 Å². The predicted molar refractivity (Wildman–Crippen MR) is 80.2 cm³/mol. The van der Waals surface area contributed by atoms with Crippen LogP contribution >= 0.6 is 0 Å². The molecule has 2 atom stereocenters. The predicted octanol–water partition coefficient (Wildman–Crippen LogP) is 1.84. The van der Waals surface area contributed by atoms with E-state index in [4.69, 9.17) is 14.2 Å². The number of carbonyl (C=O) groups excluding carboxylic acids is 1. The number of methoxy groups -OCH3 is 3. The summed E-state index contributed by atoms with van der Waals surface area (Å²) in [5, 5.41) is 0. The Balaban J connectivity index is 1.92. The van der Waals surface area contributed by atoms with E-state index in [0.717, 1.165) is 38.8 Å². The minimum absolute atomic E-state index is 0.00727. The van der Waals surface area contributed by atoms with Gasteiger partial charge in [-0.2, -0.15) is 0 Å². The Kier molecular flexibility index (Phi) is 6.45.